The SMILES string of the molecule is N#Cc1ccc(CNC(=O)c2cccc(F)c2NN)cc1. The van der Waals surface area contributed by atoms with E-state index < -0.39 is 11.7 Å². The summed E-state index contributed by atoms with van der Waals surface area (Å²) in [5.41, 5.74) is 3.65. The standard InChI is InChI=1S/C15H13FN4O/c16-13-3-1-2-12(14(13)20-18)15(21)19-9-11-6-4-10(8-17)5-7-11/h1-7,20H,9,18H2,(H,19,21). The Hall–Kier alpha value is -2.91. The van der Waals surface area contributed by atoms with Crippen LogP contribution in [0, 0.1) is 17.1 Å². The number of nitrogens with two attached hydrogens (primary N) is 1. The lowest BCUT2D eigenvalue weighted by molar-refractivity contribution is 0.0951. The number of para-hydroxylation sites is 1. The summed E-state index contributed by atoms with van der Waals surface area (Å²) in [7, 11) is 0. The first-order chi connectivity index (χ1) is 10.2. The smallest absolute Gasteiger partial charge is 0.253 e. The van der Waals surface area contributed by atoms with Gasteiger partial charge in [-0.15, -0.1) is 0 Å². The molecule has 0 aromatic heterocycles. The van der Waals surface area contributed by atoms with Crippen LogP contribution in [0.25, 0.3) is 0 Å². The number of nitrogens with one attached hydrogen (secondary N) is 2. The third kappa shape index (κ3) is 3.35. The molecule has 4 N–H and O–H groups in total. The van der Waals surface area contributed by atoms with Gasteiger partial charge in [-0.3, -0.25) is 10.6 Å². The molecule has 6 heteroatoms. The Morgan fingerprint density at radius 3 is 2.57 bits per heavy atom. The first kappa shape index (κ1) is 14.5. The molecule has 2 aromatic rings. The maximum atomic E-state index is 13.5. The van der Waals surface area contributed by atoms with Gasteiger partial charge in [-0.25, -0.2) is 4.39 Å². The molecule has 0 fully saturated rings. The number of benzene rings is 2. The first-order valence-corrected chi connectivity index (χ1v) is 6.18. The second-order valence-electron chi connectivity index (χ2n) is 4.30. The fourth-order valence-corrected chi connectivity index (χ4v) is 1.83. The van der Waals surface area contributed by atoms with E-state index in [0.29, 0.717) is 5.56 Å². The number of hydrazine groups is 1. The van der Waals surface area contributed by atoms with Crippen molar-refractivity contribution in [3.8, 4) is 6.07 Å². The lowest BCUT2D eigenvalue weighted by Crippen LogP contribution is -2.25. The van der Waals surface area contributed by atoms with Crippen LogP contribution in [0.3, 0.4) is 0 Å². The average Bonchev–Trinajstić information content (AvgIpc) is 2.52. The zero-order valence-corrected chi connectivity index (χ0v) is 11.1. The molecule has 106 valence electrons. The maximum Gasteiger partial charge on any atom is 0.253 e. The highest BCUT2D eigenvalue weighted by molar-refractivity contribution is 5.99. The number of carbonyl (C=O) groups excluding carboxylic acids is 1. The van der Waals surface area contributed by atoms with Crippen LogP contribution in [-0.2, 0) is 6.54 Å². The lowest BCUT2D eigenvalue weighted by atomic mass is 10.1. The first-order valence-electron chi connectivity index (χ1n) is 6.18. The summed E-state index contributed by atoms with van der Waals surface area (Å²) >= 11 is 0. The van der Waals surface area contributed by atoms with Gasteiger partial charge in [0.2, 0.25) is 0 Å². The summed E-state index contributed by atoms with van der Waals surface area (Å²) in [6, 6.07) is 13.0. The summed E-state index contributed by atoms with van der Waals surface area (Å²) < 4.78 is 13.5. The number of nitriles is 1. The normalized spacial score (nSPS) is 9.76. The van der Waals surface area contributed by atoms with Gasteiger partial charge < -0.3 is 10.7 Å². The number of nitrogen functional groups attached to an aromatic ring is 1. The topological polar surface area (TPSA) is 90.9 Å². The molecule has 0 spiro atoms. The lowest BCUT2D eigenvalue weighted by Gasteiger charge is -2.10. The molecule has 0 unspecified atom stereocenters. The molecule has 0 heterocycles. The molecule has 0 bridgehead atoms. The highest BCUT2D eigenvalue weighted by Crippen LogP contribution is 2.18. The van der Waals surface area contributed by atoms with E-state index >= 15 is 0 Å². The van der Waals surface area contributed by atoms with Gasteiger partial charge in [-0.2, -0.15) is 5.26 Å². The van der Waals surface area contributed by atoms with Gasteiger partial charge in [0.1, 0.15) is 5.82 Å². The molecule has 2 aromatic carbocycles. The maximum absolute atomic E-state index is 13.5. The molecule has 0 saturated carbocycles. The molecule has 5 nitrogen and oxygen atoms in total. The Labute approximate surface area is 121 Å². The highest BCUT2D eigenvalue weighted by atomic mass is 19.1. The largest absolute Gasteiger partial charge is 0.348 e. The molecule has 1 amide bonds. The van der Waals surface area contributed by atoms with Crippen molar-refractivity contribution in [2.24, 2.45) is 5.84 Å². The highest BCUT2D eigenvalue weighted by Gasteiger charge is 2.13. The van der Waals surface area contributed by atoms with Gasteiger partial charge in [0.25, 0.3) is 5.91 Å². The van der Waals surface area contributed by atoms with Crippen LogP contribution in [0.1, 0.15) is 21.5 Å². The van der Waals surface area contributed by atoms with Gasteiger partial charge in [0, 0.05) is 6.54 Å². The van der Waals surface area contributed by atoms with Crippen molar-refractivity contribution in [3.63, 3.8) is 0 Å². The summed E-state index contributed by atoms with van der Waals surface area (Å²) in [5, 5.41) is 11.4. The fraction of sp³-hybridized carbons (Fsp3) is 0.0667. The van der Waals surface area contributed by atoms with Crippen LogP contribution in [-0.4, -0.2) is 5.91 Å². The number of anilines is 1. The number of hydrogen-bond donors (Lipinski definition) is 3. The number of nitrogens with zero attached hydrogens (tertiary/aromatic N) is 1. The van der Waals surface area contributed by atoms with E-state index in [1.165, 1.54) is 18.2 Å². The van der Waals surface area contributed by atoms with E-state index in [-0.39, 0.29) is 17.8 Å². The molecular formula is C15H13FN4O. The molecular weight excluding hydrogens is 271 g/mol. The molecule has 0 aliphatic rings. The number of amides is 1. The van der Waals surface area contributed by atoms with Gasteiger partial charge >= 0.3 is 0 Å². The van der Waals surface area contributed by atoms with Crippen molar-refractivity contribution in [3.05, 3.63) is 65.0 Å². The van der Waals surface area contributed by atoms with Crippen LogP contribution in [0.15, 0.2) is 42.5 Å². The van der Waals surface area contributed by atoms with E-state index in [9.17, 15) is 9.18 Å². The fourth-order valence-electron chi connectivity index (χ4n) is 1.83. The molecule has 0 aliphatic heterocycles. The molecule has 0 radical (unpaired) electrons. The van der Waals surface area contributed by atoms with Crippen molar-refractivity contribution in [1.82, 2.24) is 5.32 Å². The number of rotatable bonds is 4. The minimum atomic E-state index is -0.594. The van der Waals surface area contributed by atoms with E-state index in [4.69, 9.17) is 11.1 Å². The van der Waals surface area contributed by atoms with E-state index in [1.807, 2.05) is 6.07 Å². The number of hydrogen-bond acceptors (Lipinski definition) is 4. The molecule has 2 rings (SSSR count). The quantitative estimate of drug-likeness (QED) is 0.591. The van der Waals surface area contributed by atoms with Gasteiger partial charge in [-0.05, 0) is 29.8 Å². The van der Waals surface area contributed by atoms with Gasteiger partial charge in [0.05, 0.1) is 22.9 Å². The van der Waals surface area contributed by atoms with Crippen LogP contribution in [0.5, 0.6) is 0 Å². The van der Waals surface area contributed by atoms with Crippen molar-refractivity contribution < 1.29 is 9.18 Å². The predicted octanol–water partition coefficient (Wildman–Crippen LogP) is 1.91. The second-order valence-corrected chi connectivity index (χ2v) is 4.30. The monoisotopic (exact) mass is 284 g/mol. The Morgan fingerprint density at radius 2 is 1.95 bits per heavy atom. The Bertz CT molecular complexity index is 692. The number of halogens is 1. The van der Waals surface area contributed by atoms with E-state index in [2.05, 4.69) is 10.7 Å². The zero-order valence-electron chi connectivity index (χ0n) is 11.1. The summed E-state index contributed by atoms with van der Waals surface area (Å²) in [6.45, 7) is 0.269. The van der Waals surface area contributed by atoms with Crippen LogP contribution in [0.4, 0.5) is 10.1 Å². The molecule has 0 atom stereocenters. The van der Waals surface area contributed by atoms with Crippen molar-refractivity contribution in [2.75, 3.05) is 5.43 Å². The van der Waals surface area contributed by atoms with Crippen LogP contribution in [0.2, 0.25) is 0 Å². The Morgan fingerprint density at radius 1 is 1.24 bits per heavy atom. The minimum absolute atomic E-state index is 0.0465. The van der Waals surface area contributed by atoms with E-state index in [1.54, 1.807) is 24.3 Å². The average molecular weight is 284 g/mol. The van der Waals surface area contributed by atoms with Crippen LogP contribution < -0.4 is 16.6 Å². The van der Waals surface area contributed by atoms with Crippen molar-refractivity contribution in [2.45, 2.75) is 6.54 Å². The third-order valence-corrected chi connectivity index (χ3v) is 2.94. The number of carbonyl (C=O) groups is 1. The van der Waals surface area contributed by atoms with E-state index in [0.717, 1.165) is 5.56 Å². The minimum Gasteiger partial charge on any atom is -0.348 e. The van der Waals surface area contributed by atoms with Crippen molar-refractivity contribution >= 4 is 11.6 Å². The third-order valence-electron chi connectivity index (χ3n) is 2.94. The predicted molar refractivity (Wildman–Crippen MR) is 76.5 cm³/mol. The van der Waals surface area contributed by atoms with Crippen LogP contribution >= 0.6 is 0 Å². The molecule has 0 saturated heterocycles. The Balaban J connectivity index is 2.08. The zero-order chi connectivity index (χ0) is 15.2. The van der Waals surface area contributed by atoms with Crippen molar-refractivity contribution in [1.29, 1.82) is 5.26 Å². The second kappa shape index (κ2) is 6.50. The van der Waals surface area contributed by atoms with Gasteiger partial charge in [0.15, 0.2) is 0 Å². The summed E-state index contributed by atoms with van der Waals surface area (Å²) in [6.07, 6.45) is 0. The van der Waals surface area contributed by atoms with Gasteiger partial charge in [-0.1, -0.05) is 18.2 Å². The molecule has 0 aliphatic carbocycles. The molecule has 21 heavy (non-hydrogen) atoms. The summed E-state index contributed by atoms with van der Waals surface area (Å²) in [4.78, 5) is 12.0. The summed E-state index contributed by atoms with van der Waals surface area (Å²) in [5.74, 6) is 4.20. The Kier molecular flexibility index (Phi) is 4.49.